The fourth-order valence-corrected chi connectivity index (χ4v) is 2.64. The second-order valence-electron chi connectivity index (χ2n) is 6.14. The standard InChI is InChI=1S/C23H15N3O3/c24-14-19-2-1-3-20(13-19)21(15-25)12-17-6-10-23(11-7-17)29-16-18-4-8-22(9-5-18)26(27)28/h1-13H,16H2/b21-12-. The molecule has 0 radical (unpaired) electrons. The third kappa shape index (κ3) is 5.06. The molecule has 3 aromatic rings. The summed E-state index contributed by atoms with van der Waals surface area (Å²) in [6.07, 6.45) is 1.75. The molecule has 0 amide bonds. The molecule has 6 nitrogen and oxygen atoms in total. The van der Waals surface area contributed by atoms with E-state index in [1.54, 1.807) is 54.6 Å². The average molecular weight is 381 g/mol. The first-order valence-corrected chi connectivity index (χ1v) is 8.67. The van der Waals surface area contributed by atoms with Gasteiger partial charge < -0.3 is 4.74 Å². The van der Waals surface area contributed by atoms with Crippen LogP contribution in [0.15, 0.2) is 72.8 Å². The highest BCUT2D eigenvalue weighted by Gasteiger charge is 2.05. The Morgan fingerprint density at radius 2 is 1.76 bits per heavy atom. The van der Waals surface area contributed by atoms with Crippen LogP contribution in [0.3, 0.4) is 0 Å². The van der Waals surface area contributed by atoms with E-state index in [0.29, 0.717) is 22.4 Å². The molecule has 0 bridgehead atoms. The molecular weight excluding hydrogens is 366 g/mol. The zero-order valence-corrected chi connectivity index (χ0v) is 15.3. The number of nitriles is 2. The van der Waals surface area contributed by atoms with Gasteiger partial charge in [0.2, 0.25) is 0 Å². The summed E-state index contributed by atoms with van der Waals surface area (Å²) in [7, 11) is 0. The van der Waals surface area contributed by atoms with Crippen LogP contribution in [-0.4, -0.2) is 4.92 Å². The van der Waals surface area contributed by atoms with Crippen LogP contribution in [0.5, 0.6) is 5.75 Å². The van der Waals surface area contributed by atoms with Crippen molar-refractivity contribution in [1.82, 2.24) is 0 Å². The summed E-state index contributed by atoms with van der Waals surface area (Å²) in [5, 5.41) is 29.1. The van der Waals surface area contributed by atoms with E-state index >= 15 is 0 Å². The second-order valence-corrected chi connectivity index (χ2v) is 6.14. The number of non-ortho nitro benzene ring substituents is 1. The molecule has 3 rings (SSSR count). The van der Waals surface area contributed by atoms with Crippen LogP contribution in [0, 0.1) is 32.8 Å². The highest BCUT2D eigenvalue weighted by Crippen LogP contribution is 2.21. The summed E-state index contributed by atoms with van der Waals surface area (Å²) in [5.41, 5.74) is 3.33. The molecule has 0 heterocycles. The molecule has 3 aromatic carbocycles. The Balaban J connectivity index is 1.69. The van der Waals surface area contributed by atoms with Crippen LogP contribution in [-0.2, 0) is 6.61 Å². The van der Waals surface area contributed by atoms with Crippen molar-refractivity contribution in [3.8, 4) is 17.9 Å². The maximum Gasteiger partial charge on any atom is 0.269 e. The van der Waals surface area contributed by atoms with Gasteiger partial charge in [0.1, 0.15) is 12.4 Å². The van der Waals surface area contributed by atoms with Crippen LogP contribution in [0.25, 0.3) is 11.6 Å². The first kappa shape index (κ1) is 19.3. The maximum atomic E-state index is 10.7. The van der Waals surface area contributed by atoms with Gasteiger partial charge in [-0.25, -0.2) is 0 Å². The third-order valence-corrected chi connectivity index (χ3v) is 4.17. The van der Waals surface area contributed by atoms with Crippen molar-refractivity contribution in [3.05, 3.63) is 105 Å². The number of hydrogen-bond donors (Lipinski definition) is 0. The van der Waals surface area contributed by atoms with E-state index in [9.17, 15) is 15.4 Å². The Hall–Kier alpha value is -4.42. The number of allylic oxidation sites excluding steroid dienone is 1. The Morgan fingerprint density at radius 3 is 2.38 bits per heavy atom. The van der Waals surface area contributed by atoms with E-state index in [1.807, 2.05) is 12.1 Å². The highest BCUT2D eigenvalue weighted by molar-refractivity contribution is 5.89. The Labute approximate surface area is 167 Å². The third-order valence-electron chi connectivity index (χ3n) is 4.17. The largest absolute Gasteiger partial charge is 0.489 e. The number of benzene rings is 3. The zero-order chi connectivity index (χ0) is 20.6. The average Bonchev–Trinajstić information content (AvgIpc) is 2.77. The van der Waals surface area contributed by atoms with Gasteiger partial charge in [0.05, 0.1) is 28.2 Å². The number of rotatable bonds is 6. The molecule has 0 fully saturated rings. The van der Waals surface area contributed by atoms with Crippen LogP contribution in [0.4, 0.5) is 5.69 Å². The second kappa shape index (κ2) is 8.98. The minimum absolute atomic E-state index is 0.0403. The normalized spacial score (nSPS) is 10.6. The molecule has 0 saturated carbocycles. The molecule has 29 heavy (non-hydrogen) atoms. The summed E-state index contributed by atoms with van der Waals surface area (Å²) in [4.78, 5) is 10.2. The lowest BCUT2D eigenvalue weighted by atomic mass is 10.0. The monoisotopic (exact) mass is 381 g/mol. The Bertz CT molecular complexity index is 1140. The lowest BCUT2D eigenvalue weighted by Gasteiger charge is -2.07. The van der Waals surface area contributed by atoms with E-state index in [-0.39, 0.29) is 12.3 Å². The molecule has 0 atom stereocenters. The van der Waals surface area contributed by atoms with Gasteiger partial charge in [0.25, 0.3) is 5.69 Å². The predicted molar refractivity (Wildman–Crippen MR) is 109 cm³/mol. The zero-order valence-electron chi connectivity index (χ0n) is 15.3. The van der Waals surface area contributed by atoms with Crippen molar-refractivity contribution in [2.75, 3.05) is 0 Å². The lowest BCUT2D eigenvalue weighted by Crippen LogP contribution is -1.96. The summed E-state index contributed by atoms with van der Waals surface area (Å²) < 4.78 is 5.70. The number of ether oxygens (including phenoxy) is 1. The van der Waals surface area contributed by atoms with Crippen LogP contribution in [0.2, 0.25) is 0 Å². The van der Waals surface area contributed by atoms with Gasteiger partial charge in [0.15, 0.2) is 0 Å². The van der Waals surface area contributed by atoms with Crippen LogP contribution >= 0.6 is 0 Å². The van der Waals surface area contributed by atoms with Crippen LogP contribution < -0.4 is 4.74 Å². The first-order valence-electron chi connectivity index (χ1n) is 8.67. The summed E-state index contributed by atoms with van der Waals surface area (Å²) >= 11 is 0. The Morgan fingerprint density at radius 1 is 1.03 bits per heavy atom. The van der Waals surface area contributed by atoms with Gasteiger partial charge in [-0.1, -0.05) is 24.3 Å². The molecule has 0 N–H and O–H groups in total. The van der Waals surface area contributed by atoms with Crippen molar-refractivity contribution in [3.63, 3.8) is 0 Å². The first-order chi connectivity index (χ1) is 14.1. The SMILES string of the molecule is N#C/C(=C/c1ccc(OCc2ccc([N+](=O)[O-])cc2)cc1)c1cccc(C#N)c1. The predicted octanol–water partition coefficient (Wildman–Crippen LogP) is 5.11. The van der Waals surface area contributed by atoms with E-state index in [2.05, 4.69) is 12.1 Å². The molecule has 0 saturated heterocycles. The van der Waals surface area contributed by atoms with Gasteiger partial charge in [-0.3, -0.25) is 10.1 Å². The van der Waals surface area contributed by atoms with E-state index in [1.165, 1.54) is 12.1 Å². The smallest absolute Gasteiger partial charge is 0.269 e. The quantitative estimate of drug-likeness (QED) is 0.256. The fourth-order valence-electron chi connectivity index (χ4n) is 2.64. The Kier molecular flexibility index (Phi) is 5.99. The number of nitrogens with zero attached hydrogens (tertiary/aromatic N) is 3. The summed E-state index contributed by atoms with van der Waals surface area (Å²) in [6, 6.07) is 24.6. The highest BCUT2D eigenvalue weighted by atomic mass is 16.6. The van der Waals surface area contributed by atoms with Crippen molar-refractivity contribution >= 4 is 17.3 Å². The molecular formula is C23H15N3O3. The van der Waals surface area contributed by atoms with Gasteiger partial charge in [-0.05, 0) is 59.2 Å². The molecule has 0 aliphatic heterocycles. The van der Waals surface area contributed by atoms with Crippen molar-refractivity contribution in [1.29, 1.82) is 10.5 Å². The molecule has 0 spiro atoms. The molecule has 140 valence electrons. The van der Waals surface area contributed by atoms with Crippen molar-refractivity contribution in [2.45, 2.75) is 6.61 Å². The molecule has 0 unspecified atom stereocenters. The summed E-state index contributed by atoms with van der Waals surface area (Å²) in [6.45, 7) is 0.289. The summed E-state index contributed by atoms with van der Waals surface area (Å²) in [5.74, 6) is 0.644. The van der Waals surface area contributed by atoms with E-state index < -0.39 is 4.92 Å². The fraction of sp³-hybridized carbons (Fsp3) is 0.0435. The van der Waals surface area contributed by atoms with Crippen molar-refractivity contribution < 1.29 is 9.66 Å². The maximum absolute atomic E-state index is 10.7. The number of nitro groups is 1. The van der Waals surface area contributed by atoms with Crippen molar-refractivity contribution in [2.24, 2.45) is 0 Å². The number of nitro benzene ring substituents is 1. The van der Waals surface area contributed by atoms with Gasteiger partial charge in [0, 0.05) is 12.1 Å². The molecule has 0 aliphatic rings. The minimum atomic E-state index is -0.442. The van der Waals surface area contributed by atoms with E-state index in [0.717, 1.165) is 11.1 Å². The minimum Gasteiger partial charge on any atom is -0.489 e. The van der Waals surface area contributed by atoms with Gasteiger partial charge in [-0.2, -0.15) is 10.5 Å². The molecule has 0 aromatic heterocycles. The number of hydrogen-bond acceptors (Lipinski definition) is 5. The van der Waals surface area contributed by atoms with Gasteiger partial charge in [-0.15, -0.1) is 0 Å². The topological polar surface area (TPSA) is 99.9 Å². The van der Waals surface area contributed by atoms with E-state index in [4.69, 9.17) is 10.00 Å². The lowest BCUT2D eigenvalue weighted by molar-refractivity contribution is -0.384. The molecule has 0 aliphatic carbocycles. The van der Waals surface area contributed by atoms with Gasteiger partial charge >= 0.3 is 0 Å². The molecule has 6 heteroatoms. The van der Waals surface area contributed by atoms with Crippen LogP contribution in [0.1, 0.15) is 22.3 Å².